The van der Waals surface area contributed by atoms with E-state index in [2.05, 4.69) is 229 Å². The zero-order valence-electron chi connectivity index (χ0n) is 42.0. The molecule has 6 aromatic rings. The van der Waals surface area contributed by atoms with E-state index in [9.17, 15) is 0 Å². The number of aromatic nitrogens is 4. The van der Waals surface area contributed by atoms with Crippen LogP contribution in [0.2, 0.25) is 0 Å². The normalized spacial score (nSPS) is 14.7. The molecule has 0 amide bonds. The van der Waals surface area contributed by atoms with E-state index < -0.39 is 7.21 Å². The molecule has 0 aliphatic heterocycles. The summed E-state index contributed by atoms with van der Waals surface area (Å²) in [6.45, 7) is 39.3. The van der Waals surface area contributed by atoms with Gasteiger partial charge in [0.2, 0.25) is 11.6 Å². The summed E-state index contributed by atoms with van der Waals surface area (Å²) in [7, 11) is -2.96. The Bertz CT molecular complexity index is 2670. The van der Waals surface area contributed by atoms with E-state index in [0.717, 1.165) is 5.62 Å². The number of imidazole rings is 2. The Balaban J connectivity index is 1.73. The largest absolute Gasteiger partial charge is 0.285 e. The van der Waals surface area contributed by atoms with Gasteiger partial charge in [0.05, 0.1) is 17.1 Å². The first-order valence-electron chi connectivity index (χ1n) is 23.9. The minimum Gasteiger partial charge on any atom is -0.285 e. The molecule has 1 atom stereocenters. The molecular weight excluding hydrogens is 800 g/mol. The molecule has 2 heterocycles. The SMILES string of the molecule is CC(C)c1cccc2c1C(P(C)(N=c1n(-c3c(C(C)C)cccc3C(C)C)ccn1-c1c(C(C)C)cccc1C(C)C)=Nc1nccn1-c1c(C(C)C)cccc1C(C)C)=CC2(C)C. The zero-order chi connectivity index (χ0) is 46.6. The van der Waals surface area contributed by atoms with Crippen molar-refractivity contribution >= 4 is 18.5 Å². The molecule has 0 saturated carbocycles. The molecule has 338 valence electrons. The molecule has 6 nitrogen and oxygen atoms in total. The van der Waals surface area contributed by atoms with Crippen molar-refractivity contribution in [1.82, 2.24) is 18.7 Å². The predicted molar refractivity (Wildman–Crippen MR) is 275 cm³/mol. The van der Waals surface area contributed by atoms with Crippen LogP contribution in [0.15, 0.2) is 113 Å². The minimum atomic E-state index is -2.96. The third kappa shape index (κ3) is 8.53. The van der Waals surface area contributed by atoms with Crippen molar-refractivity contribution in [3.63, 3.8) is 0 Å². The van der Waals surface area contributed by atoms with Crippen molar-refractivity contribution in [1.29, 1.82) is 0 Å². The lowest BCUT2D eigenvalue weighted by Crippen LogP contribution is -2.27. The van der Waals surface area contributed by atoms with Crippen LogP contribution in [0.1, 0.15) is 202 Å². The van der Waals surface area contributed by atoms with E-state index in [-0.39, 0.29) is 5.41 Å². The Labute approximate surface area is 385 Å². The number of hydrogen-bond donors (Lipinski definition) is 0. The molecule has 7 heteroatoms. The highest BCUT2D eigenvalue weighted by Crippen LogP contribution is 2.66. The molecule has 0 radical (unpaired) electrons. The molecule has 0 fully saturated rings. The Morgan fingerprint density at radius 3 is 1.23 bits per heavy atom. The monoisotopic (exact) mass is 875 g/mol. The van der Waals surface area contributed by atoms with Crippen LogP contribution in [0.3, 0.4) is 0 Å². The Morgan fingerprint density at radius 1 is 0.484 bits per heavy atom. The highest BCUT2D eigenvalue weighted by molar-refractivity contribution is 7.74. The van der Waals surface area contributed by atoms with E-state index in [1.807, 2.05) is 6.20 Å². The number of hydrogen-bond acceptors (Lipinski definition) is 2. The number of rotatable bonds is 13. The lowest BCUT2D eigenvalue weighted by Gasteiger charge is -2.25. The van der Waals surface area contributed by atoms with E-state index in [1.165, 1.54) is 72.4 Å². The van der Waals surface area contributed by atoms with E-state index >= 15 is 0 Å². The van der Waals surface area contributed by atoms with Gasteiger partial charge < -0.3 is 0 Å². The number of benzene rings is 4. The van der Waals surface area contributed by atoms with Crippen molar-refractivity contribution in [3.05, 3.63) is 159 Å². The maximum absolute atomic E-state index is 6.33. The first kappa shape index (κ1) is 47.0. The van der Waals surface area contributed by atoms with Crippen molar-refractivity contribution in [2.75, 3.05) is 6.66 Å². The van der Waals surface area contributed by atoms with Gasteiger partial charge in [-0.1, -0.05) is 190 Å². The Morgan fingerprint density at radius 2 is 0.844 bits per heavy atom. The van der Waals surface area contributed by atoms with Gasteiger partial charge in [0.1, 0.15) is 7.21 Å². The first-order chi connectivity index (χ1) is 30.2. The molecule has 64 heavy (non-hydrogen) atoms. The third-order valence-electron chi connectivity index (χ3n) is 13.4. The topological polar surface area (TPSA) is 52.4 Å². The summed E-state index contributed by atoms with van der Waals surface area (Å²) in [5.74, 6) is 2.77. The number of fused-ring (bicyclic) bond motifs is 1. The molecule has 0 N–H and O–H groups in total. The van der Waals surface area contributed by atoms with Gasteiger partial charge in [0.15, 0.2) is 0 Å². The lowest BCUT2D eigenvalue weighted by atomic mass is 9.84. The summed E-state index contributed by atoms with van der Waals surface area (Å²) in [5.41, 5.74) is 16.0. The zero-order valence-corrected chi connectivity index (χ0v) is 42.9. The van der Waals surface area contributed by atoms with Crippen LogP contribution in [0.25, 0.3) is 22.4 Å². The second-order valence-corrected chi connectivity index (χ2v) is 23.7. The average Bonchev–Trinajstić information content (AvgIpc) is 3.94. The molecule has 0 spiro atoms. The van der Waals surface area contributed by atoms with Gasteiger partial charge in [0.25, 0.3) is 0 Å². The van der Waals surface area contributed by atoms with Gasteiger partial charge in [-0.15, -0.1) is 0 Å². The van der Waals surface area contributed by atoms with Gasteiger partial charge in [-0.3, -0.25) is 13.7 Å². The molecule has 1 aliphatic rings. The third-order valence-corrected chi connectivity index (χ3v) is 15.8. The van der Waals surface area contributed by atoms with Crippen LogP contribution in [0.5, 0.6) is 0 Å². The van der Waals surface area contributed by atoms with E-state index in [4.69, 9.17) is 14.5 Å². The average molecular weight is 875 g/mol. The number of allylic oxidation sites excluding steroid dienone is 1. The van der Waals surface area contributed by atoms with Crippen LogP contribution in [0, 0.1) is 0 Å². The van der Waals surface area contributed by atoms with Crippen LogP contribution in [0.4, 0.5) is 5.95 Å². The number of para-hydroxylation sites is 3. The minimum absolute atomic E-state index is 0.228. The highest BCUT2D eigenvalue weighted by atomic mass is 31.2. The van der Waals surface area contributed by atoms with Gasteiger partial charge in [-0.25, -0.2) is 14.5 Å². The van der Waals surface area contributed by atoms with Crippen LogP contribution >= 0.6 is 7.21 Å². The molecule has 0 bridgehead atoms. The summed E-state index contributed by atoms with van der Waals surface area (Å²) in [4.78, 5) is 5.16. The van der Waals surface area contributed by atoms with Crippen LogP contribution in [-0.2, 0) is 5.41 Å². The Hall–Kier alpha value is -4.93. The summed E-state index contributed by atoms with van der Waals surface area (Å²) >= 11 is 0. The van der Waals surface area contributed by atoms with E-state index in [1.54, 1.807) is 0 Å². The summed E-state index contributed by atoms with van der Waals surface area (Å²) < 4.78 is 19.5. The van der Waals surface area contributed by atoms with Gasteiger partial charge in [-0.2, -0.15) is 0 Å². The second kappa shape index (κ2) is 18.2. The molecular formula is C57H75N6P. The maximum atomic E-state index is 6.33. The molecule has 0 saturated heterocycles. The second-order valence-electron chi connectivity index (χ2n) is 21.0. The fourth-order valence-corrected chi connectivity index (χ4v) is 12.5. The standard InChI is InChI=1S/C57H75N6P/c1-35(2)42-22-21-29-49-51(42)50(34-57(49,15)16)64(17,59-55-58-30-31-61(55)52-43(36(3)4)23-18-24-44(52)37(5)6)60-56-62(53-45(38(7)8)25-19-26-46(53)39(9)10)32-33-63(56)54-47(40(11)12)27-20-28-48(54)41(13)14/h18-41H,1-17H3. The van der Waals surface area contributed by atoms with Crippen LogP contribution in [-0.4, -0.2) is 25.4 Å². The molecule has 1 aliphatic carbocycles. The summed E-state index contributed by atoms with van der Waals surface area (Å²) in [6, 6.07) is 27.3. The van der Waals surface area contributed by atoms with Gasteiger partial charge in [0, 0.05) is 35.5 Å². The van der Waals surface area contributed by atoms with Crippen molar-refractivity contribution in [3.8, 4) is 17.1 Å². The van der Waals surface area contributed by atoms with Crippen molar-refractivity contribution in [2.24, 2.45) is 9.51 Å². The van der Waals surface area contributed by atoms with Gasteiger partial charge in [-0.05, 0) is 98.2 Å². The molecule has 4 aromatic carbocycles. The lowest BCUT2D eigenvalue weighted by molar-refractivity contribution is 0.681. The van der Waals surface area contributed by atoms with Crippen molar-refractivity contribution < 1.29 is 0 Å². The maximum Gasteiger partial charge on any atom is 0.234 e. The number of nitrogens with zero attached hydrogens (tertiary/aromatic N) is 6. The Kier molecular flexibility index (Phi) is 13.3. The first-order valence-corrected chi connectivity index (χ1v) is 26.1. The quantitative estimate of drug-likeness (QED) is 0.107. The molecule has 2 aromatic heterocycles. The van der Waals surface area contributed by atoms with Crippen LogP contribution < -0.4 is 5.62 Å². The molecule has 7 rings (SSSR count). The smallest absolute Gasteiger partial charge is 0.234 e. The summed E-state index contributed by atoms with van der Waals surface area (Å²) in [6.07, 6.45) is 11.1. The van der Waals surface area contributed by atoms with Crippen molar-refractivity contribution in [2.45, 2.75) is 158 Å². The highest BCUT2D eigenvalue weighted by Gasteiger charge is 2.38. The van der Waals surface area contributed by atoms with E-state index in [0.29, 0.717) is 47.4 Å². The fraction of sp³-hybridized carbons (Fsp3) is 0.439. The predicted octanol–water partition coefficient (Wildman–Crippen LogP) is 16.6. The van der Waals surface area contributed by atoms with Gasteiger partial charge >= 0.3 is 0 Å². The molecule has 1 unspecified atom stereocenters. The summed E-state index contributed by atoms with van der Waals surface area (Å²) in [5, 5.41) is 1.22. The fourth-order valence-electron chi connectivity index (χ4n) is 9.92.